The van der Waals surface area contributed by atoms with Crippen LogP contribution in [0.5, 0.6) is 0 Å². The Bertz CT molecular complexity index is 416. The molecule has 0 aliphatic carbocycles. The highest BCUT2D eigenvalue weighted by Gasteiger charge is 2.28. The average Bonchev–Trinajstić information content (AvgIpc) is 2.29. The van der Waals surface area contributed by atoms with E-state index in [1.807, 2.05) is 0 Å². The second kappa shape index (κ2) is 5.17. The summed E-state index contributed by atoms with van der Waals surface area (Å²) in [7, 11) is 1.36. The molecule has 0 atom stereocenters. The molecule has 0 saturated carbocycles. The summed E-state index contributed by atoms with van der Waals surface area (Å²) in [6.45, 7) is 5.65. The molecular weight excluding hydrogens is 221 g/mol. The van der Waals surface area contributed by atoms with E-state index in [0.29, 0.717) is 17.8 Å². The van der Waals surface area contributed by atoms with Gasteiger partial charge in [0, 0.05) is 12.2 Å². The fourth-order valence-corrected chi connectivity index (χ4v) is 1.37. The van der Waals surface area contributed by atoms with Crippen molar-refractivity contribution in [2.24, 2.45) is 5.41 Å². The molecule has 0 aromatic heterocycles. The quantitative estimate of drug-likeness (QED) is 0.821. The van der Waals surface area contributed by atoms with Crippen molar-refractivity contribution in [3.05, 3.63) is 29.6 Å². The lowest BCUT2D eigenvalue weighted by atomic mass is 9.93. The van der Waals surface area contributed by atoms with Crippen molar-refractivity contribution in [1.82, 2.24) is 0 Å². The van der Waals surface area contributed by atoms with Gasteiger partial charge in [-0.2, -0.15) is 0 Å². The molecule has 1 aromatic carbocycles. The molecule has 3 nitrogen and oxygen atoms in total. The van der Waals surface area contributed by atoms with Gasteiger partial charge in [0.25, 0.3) is 0 Å². The predicted molar refractivity (Wildman–Crippen MR) is 65.4 cm³/mol. The normalized spacial score (nSPS) is 11.1. The van der Waals surface area contributed by atoms with Gasteiger partial charge in [0.05, 0.1) is 12.5 Å². The van der Waals surface area contributed by atoms with Crippen molar-refractivity contribution in [3.8, 4) is 0 Å². The highest BCUT2D eigenvalue weighted by molar-refractivity contribution is 5.76. The summed E-state index contributed by atoms with van der Waals surface area (Å²) in [5.41, 5.74) is 0.615. The smallest absolute Gasteiger partial charge is 0.313 e. The summed E-state index contributed by atoms with van der Waals surface area (Å²) < 4.78 is 18.0. The molecule has 1 rings (SSSR count). The molecule has 1 N–H and O–H groups in total. The number of halogens is 1. The molecular formula is C13H18FNO2. The van der Waals surface area contributed by atoms with Crippen LogP contribution in [0, 0.1) is 18.2 Å². The monoisotopic (exact) mass is 239 g/mol. The predicted octanol–water partition coefficient (Wildman–Crippen LogP) is 2.75. The van der Waals surface area contributed by atoms with Crippen molar-refractivity contribution < 1.29 is 13.9 Å². The number of carbonyl (C=O) groups excluding carboxylic acids is 1. The van der Waals surface area contributed by atoms with E-state index in [1.165, 1.54) is 13.2 Å². The first-order valence-electron chi connectivity index (χ1n) is 5.45. The number of methoxy groups -OCH3 is 1. The molecule has 94 valence electrons. The molecule has 0 radical (unpaired) electrons. The van der Waals surface area contributed by atoms with Gasteiger partial charge in [-0.05, 0) is 38.5 Å². The number of rotatable bonds is 4. The van der Waals surface area contributed by atoms with Crippen LogP contribution in [-0.2, 0) is 9.53 Å². The van der Waals surface area contributed by atoms with Gasteiger partial charge >= 0.3 is 5.97 Å². The molecule has 1 aromatic rings. The second-order valence-corrected chi connectivity index (χ2v) is 4.69. The standard InChI is InChI=1S/C13H18FNO2/c1-9-5-6-10(7-11(9)14)15-8-13(2,3)12(16)17-4/h5-7,15H,8H2,1-4H3. The van der Waals surface area contributed by atoms with Gasteiger partial charge in [0.1, 0.15) is 5.82 Å². The van der Waals surface area contributed by atoms with E-state index in [1.54, 1.807) is 32.9 Å². The van der Waals surface area contributed by atoms with Gasteiger partial charge in [0.2, 0.25) is 0 Å². The Morgan fingerprint density at radius 3 is 2.65 bits per heavy atom. The average molecular weight is 239 g/mol. The first kappa shape index (κ1) is 13.5. The van der Waals surface area contributed by atoms with E-state index < -0.39 is 5.41 Å². The molecule has 0 heterocycles. The Balaban J connectivity index is 2.67. The van der Waals surface area contributed by atoms with Crippen molar-refractivity contribution in [2.75, 3.05) is 19.0 Å². The lowest BCUT2D eigenvalue weighted by molar-refractivity contribution is -0.149. The summed E-state index contributed by atoms with van der Waals surface area (Å²) in [5.74, 6) is -0.552. The van der Waals surface area contributed by atoms with E-state index in [0.717, 1.165) is 0 Å². The fraction of sp³-hybridized carbons (Fsp3) is 0.462. The molecule has 0 fully saturated rings. The Hall–Kier alpha value is -1.58. The number of aryl methyl sites for hydroxylation is 1. The van der Waals surface area contributed by atoms with Crippen LogP contribution in [-0.4, -0.2) is 19.6 Å². The lowest BCUT2D eigenvalue weighted by Crippen LogP contribution is -2.33. The van der Waals surface area contributed by atoms with E-state index in [9.17, 15) is 9.18 Å². The van der Waals surface area contributed by atoms with Gasteiger partial charge in [-0.15, -0.1) is 0 Å². The van der Waals surface area contributed by atoms with Crippen molar-refractivity contribution in [3.63, 3.8) is 0 Å². The molecule has 0 bridgehead atoms. The summed E-state index contributed by atoms with van der Waals surface area (Å²) in [5, 5.41) is 3.03. The number of ether oxygens (including phenoxy) is 1. The van der Waals surface area contributed by atoms with Crippen LogP contribution in [0.3, 0.4) is 0 Å². The molecule has 17 heavy (non-hydrogen) atoms. The van der Waals surface area contributed by atoms with Crippen molar-refractivity contribution >= 4 is 11.7 Å². The molecule has 4 heteroatoms. The van der Waals surface area contributed by atoms with Crippen molar-refractivity contribution in [1.29, 1.82) is 0 Å². The number of benzene rings is 1. The summed E-state index contributed by atoms with van der Waals surface area (Å²) in [4.78, 5) is 11.4. The minimum atomic E-state index is -0.643. The van der Waals surface area contributed by atoms with Crippen LogP contribution >= 0.6 is 0 Å². The molecule has 0 aliphatic rings. The first-order valence-corrected chi connectivity index (χ1v) is 5.45. The maximum absolute atomic E-state index is 13.3. The van der Waals surface area contributed by atoms with E-state index in [4.69, 9.17) is 4.74 Å². The van der Waals surface area contributed by atoms with Crippen LogP contribution in [0.4, 0.5) is 10.1 Å². The third-order valence-electron chi connectivity index (χ3n) is 2.64. The minimum absolute atomic E-state index is 0.258. The number of hydrogen-bond donors (Lipinski definition) is 1. The highest BCUT2D eigenvalue weighted by Crippen LogP contribution is 2.20. The zero-order valence-corrected chi connectivity index (χ0v) is 10.6. The maximum Gasteiger partial charge on any atom is 0.313 e. The number of hydrogen-bond acceptors (Lipinski definition) is 3. The highest BCUT2D eigenvalue weighted by atomic mass is 19.1. The number of esters is 1. The zero-order valence-electron chi connectivity index (χ0n) is 10.6. The second-order valence-electron chi connectivity index (χ2n) is 4.69. The molecule has 0 aliphatic heterocycles. The SMILES string of the molecule is COC(=O)C(C)(C)CNc1ccc(C)c(F)c1. The lowest BCUT2D eigenvalue weighted by Gasteiger charge is -2.22. The molecule has 0 spiro atoms. The van der Waals surface area contributed by atoms with Gasteiger partial charge < -0.3 is 10.1 Å². The third-order valence-corrected chi connectivity index (χ3v) is 2.64. The van der Waals surface area contributed by atoms with Crippen LogP contribution in [0.1, 0.15) is 19.4 Å². The summed E-state index contributed by atoms with van der Waals surface area (Å²) >= 11 is 0. The Labute approximate surface area is 101 Å². The summed E-state index contributed by atoms with van der Waals surface area (Å²) in [6.07, 6.45) is 0. The Morgan fingerprint density at radius 2 is 2.12 bits per heavy atom. The third kappa shape index (κ3) is 3.44. The first-order chi connectivity index (χ1) is 7.86. The number of nitrogens with one attached hydrogen (secondary N) is 1. The molecule has 0 amide bonds. The molecule has 0 saturated heterocycles. The Kier molecular flexibility index (Phi) is 4.10. The number of carbonyl (C=O) groups is 1. The van der Waals surface area contributed by atoms with Crippen LogP contribution in [0.25, 0.3) is 0 Å². The van der Waals surface area contributed by atoms with Crippen LogP contribution in [0.15, 0.2) is 18.2 Å². The zero-order chi connectivity index (χ0) is 13.1. The van der Waals surface area contributed by atoms with Gasteiger partial charge in [-0.3, -0.25) is 4.79 Å². The van der Waals surface area contributed by atoms with E-state index >= 15 is 0 Å². The minimum Gasteiger partial charge on any atom is -0.469 e. The van der Waals surface area contributed by atoms with Gasteiger partial charge in [-0.1, -0.05) is 6.07 Å². The molecule has 0 unspecified atom stereocenters. The van der Waals surface area contributed by atoms with Gasteiger partial charge in [-0.25, -0.2) is 4.39 Å². The maximum atomic E-state index is 13.3. The van der Waals surface area contributed by atoms with Crippen LogP contribution < -0.4 is 5.32 Å². The topological polar surface area (TPSA) is 38.3 Å². The van der Waals surface area contributed by atoms with E-state index in [2.05, 4.69) is 5.32 Å². The summed E-state index contributed by atoms with van der Waals surface area (Å²) in [6, 6.07) is 4.90. The number of anilines is 1. The van der Waals surface area contributed by atoms with Gasteiger partial charge in [0.15, 0.2) is 0 Å². The largest absolute Gasteiger partial charge is 0.469 e. The Morgan fingerprint density at radius 1 is 1.47 bits per heavy atom. The van der Waals surface area contributed by atoms with Crippen molar-refractivity contribution in [2.45, 2.75) is 20.8 Å². The van der Waals surface area contributed by atoms with E-state index in [-0.39, 0.29) is 11.8 Å². The van der Waals surface area contributed by atoms with Crippen LogP contribution in [0.2, 0.25) is 0 Å². The fourth-order valence-electron chi connectivity index (χ4n) is 1.37.